The van der Waals surface area contributed by atoms with Gasteiger partial charge in [0, 0.05) is 0 Å². The van der Waals surface area contributed by atoms with Crippen LogP contribution in [0.3, 0.4) is 0 Å². The van der Waals surface area contributed by atoms with Crippen LogP contribution in [0.4, 0.5) is 0 Å². The molecule has 172 valence electrons. The van der Waals surface area contributed by atoms with E-state index in [-0.39, 0.29) is 0 Å². The van der Waals surface area contributed by atoms with E-state index in [1.54, 1.807) is 13.3 Å². The molecule has 0 saturated carbocycles. The van der Waals surface area contributed by atoms with E-state index in [9.17, 15) is 0 Å². The second-order valence-corrected chi connectivity index (χ2v) is 28.7. The standard InChI is InChI=1S/C14H27OSi.3C4H9.Sn/c1-13(2)9-7-10-14(16(4,5)6)11-8-12-15-3;3*1-3-4-2;/h8,10,13H,7,9,12H2,1-6H3;3*1,3-4H2,2H3;/b11-8?,14-10-;;;;. The molecule has 0 heterocycles. The van der Waals surface area contributed by atoms with Crippen LogP contribution in [0.25, 0.3) is 0 Å². The van der Waals surface area contributed by atoms with E-state index in [2.05, 4.69) is 66.4 Å². The zero-order valence-corrected chi connectivity index (χ0v) is 25.5. The second kappa shape index (κ2) is 16.1. The summed E-state index contributed by atoms with van der Waals surface area (Å²) in [5.74, 6) is 0.786. The average Bonchev–Trinajstić information content (AvgIpc) is 2.66. The van der Waals surface area contributed by atoms with Crippen LogP contribution < -0.4 is 0 Å². The molecule has 0 aliphatic carbocycles. The molecule has 0 spiro atoms. The number of hydrogen-bond acceptors (Lipinski definition) is 1. The summed E-state index contributed by atoms with van der Waals surface area (Å²) in [6, 6.07) is 0. The Kier molecular flexibility index (Phi) is 16.4. The number of methoxy groups -OCH3 is 1. The molecule has 0 aromatic carbocycles. The molecule has 0 atom stereocenters. The molecule has 0 N–H and O–H groups in total. The fourth-order valence-electron chi connectivity index (χ4n) is 4.48. The summed E-state index contributed by atoms with van der Waals surface area (Å²) < 4.78 is 12.2. The summed E-state index contributed by atoms with van der Waals surface area (Å²) in [4.78, 5) is 0. The van der Waals surface area contributed by atoms with Gasteiger partial charge in [0.1, 0.15) is 0 Å². The van der Waals surface area contributed by atoms with Gasteiger partial charge in [-0.3, -0.25) is 0 Å². The van der Waals surface area contributed by atoms with E-state index in [0.717, 1.165) is 12.5 Å². The first-order valence-electron chi connectivity index (χ1n) is 12.6. The fourth-order valence-corrected chi connectivity index (χ4v) is 27.8. The summed E-state index contributed by atoms with van der Waals surface area (Å²) in [6.45, 7) is 20.4. The normalized spacial score (nSPS) is 14.1. The Bertz CT molecular complexity index is 452. The van der Waals surface area contributed by atoms with Crippen LogP contribution in [0.2, 0.25) is 33.0 Å². The summed E-state index contributed by atoms with van der Waals surface area (Å²) in [5, 5.41) is 1.81. The molecule has 0 aromatic heterocycles. The molecule has 1 nitrogen and oxygen atoms in total. The van der Waals surface area contributed by atoms with Gasteiger partial charge in [0.05, 0.1) is 0 Å². The topological polar surface area (TPSA) is 9.23 Å². The van der Waals surface area contributed by atoms with E-state index < -0.39 is 26.5 Å². The van der Waals surface area contributed by atoms with E-state index in [1.165, 1.54) is 51.4 Å². The first-order valence-corrected chi connectivity index (χ1v) is 23.6. The molecule has 0 aromatic rings. The number of unbranched alkanes of at least 4 members (excludes halogenated alkanes) is 3. The molecule has 0 rings (SSSR count). The van der Waals surface area contributed by atoms with E-state index in [0.29, 0.717) is 0 Å². The number of allylic oxidation sites excluding steroid dienone is 3. The van der Waals surface area contributed by atoms with Gasteiger partial charge in [-0.15, -0.1) is 0 Å². The van der Waals surface area contributed by atoms with Crippen LogP contribution >= 0.6 is 0 Å². The maximum absolute atomic E-state index is 5.63. The van der Waals surface area contributed by atoms with Crippen LogP contribution in [-0.4, -0.2) is 40.2 Å². The van der Waals surface area contributed by atoms with Gasteiger partial charge in [-0.1, -0.05) is 0 Å². The first-order chi connectivity index (χ1) is 13.7. The van der Waals surface area contributed by atoms with Crippen molar-refractivity contribution in [3.63, 3.8) is 0 Å². The molecule has 3 heteroatoms. The summed E-state index contributed by atoms with van der Waals surface area (Å²) in [5.41, 5.74) is 0. The third-order valence-electron chi connectivity index (χ3n) is 6.24. The SMILES string of the molecule is CCC[CH2][Sn]([CH2]CCC)([CH2]CCC)[C](=C\COC)/C(=C/CCC(C)C)[Si](C)(C)C. The Morgan fingerprint density at radius 3 is 1.69 bits per heavy atom. The van der Waals surface area contributed by atoms with Crippen molar-refractivity contribution >= 4 is 26.5 Å². The minimum absolute atomic E-state index is 0.786. The van der Waals surface area contributed by atoms with Gasteiger partial charge >= 0.3 is 191 Å². The first kappa shape index (κ1) is 29.5. The number of rotatable bonds is 17. The number of hydrogen-bond donors (Lipinski definition) is 0. The Labute approximate surface area is 190 Å². The molecule has 0 fully saturated rings. The Hall–Kier alpha value is 0.456. The van der Waals surface area contributed by atoms with Gasteiger partial charge in [-0.05, 0) is 0 Å². The molecule has 0 saturated heterocycles. The molecule has 29 heavy (non-hydrogen) atoms. The van der Waals surface area contributed by atoms with Crippen molar-refractivity contribution in [2.45, 2.75) is 119 Å². The molecular weight excluding hydrogens is 475 g/mol. The van der Waals surface area contributed by atoms with Gasteiger partial charge < -0.3 is 0 Å². The van der Waals surface area contributed by atoms with Crippen molar-refractivity contribution < 1.29 is 4.74 Å². The average molecular weight is 530 g/mol. The van der Waals surface area contributed by atoms with Gasteiger partial charge in [0.25, 0.3) is 0 Å². The van der Waals surface area contributed by atoms with Gasteiger partial charge in [-0.25, -0.2) is 0 Å². The van der Waals surface area contributed by atoms with Gasteiger partial charge in [0.15, 0.2) is 0 Å². The molecule has 0 aliphatic rings. The quantitative estimate of drug-likeness (QED) is 0.135. The zero-order chi connectivity index (χ0) is 22.3. The van der Waals surface area contributed by atoms with Crippen molar-refractivity contribution in [2.75, 3.05) is 13.7 Å². The third-order valence-corrected chi connectivity index (χ3v) is 24.9. The van der Waals surface area contributed by atoms with Crippen LogP contribution in [0.1, 0.15) is 86.0 Å². The molecule has 0 unspecified atom stereocenters. The number of ether oxygens (including phenoxy) is 1. The van der Waals surface area contributed by atoms with Crippen LogP contribution in [0.5, 0.6) is 0 Å². The molecule has 0 aliphatic heterocycles. The van der Waals surface area contributed by atoms with E-state index in [1.807, 2.05) is 15.9 Å². The van der Waals surface area contributed by atoms with Crippen molar-refractivity contribution in [1.82, 2.24) is 0 Å². The van der Waals surface area contributed by atoms with Crippen LogP contribution in [0.15, 0.2) is 20.9 Å². The van der Waals surface area contributed by atoms with Crippen LogP contribution in [-0.2, 0) is 4.74 Å². The second-order valence-electron chi connectivity index (χ2n) is 10.5. The predicted molar refractivity (Wildman–Crippen MR) is 140 cm³/mol. The Morgan fingerprint density at radius 2 is 1.34 bits per heavy atom. The third kappa shape index (κ3) is 11.6. The van der Waals surface area contributed by atoms with Gasteiger partial charge in [-0.2, -0.15) is 0 Å². The van der Waals surface area contributed by atoms with Crippen molar-refractivity contribution in [1.29, 1.82) is 0 Å². The Morgan fingerprint density at radius 1 is 0.862 bits per heavy atom. The van der Waals surface area contributed by atoms with Gasteiger partial charge in [0.2, 0.25) is 0 Å². The minimum atomic E-state index is -2.48. The molecule has 0 radical (unpaired) electrons. The Balaban J connectivity index is 6.40. The maximum atomic E-state index is 5.63. The zero-order valence-electron chi connectivity index (χ0n) is 21.6. The molecule has 0 bridgehead atoms. The van der Waals surface area contributed by atoms with E-state index >= 15 is 0 Å². The molecular formula is C26H54OSiSn. The van der Waals surface area contributed by atoms with Crippen molar-refractivity contribution in [2.24, 2.45) is 5.92 Å². The monoisotopic (exact) mass is 530 g/mol. The summed E-state index contributed by atoms with van der Waals surface area (Å²) in [6.07, 6.45) is 16.2. The van der Waals surface area contributed by atoms with Crippen molar-refractivity contribution in [3.8, 4) is 0 Å². The predicted octanol–water partition coefficient (Wildman–Crippen LogP) is 9.19. The van der Waals surface area contributed by atoms with Crippen LogP contribution in [0, 0.1) is 5.92 Å². The van der Waals surface area contributed by atoms with Crippen molar-refractivity contribution in [3.05, 3.63) is 20.9 Å². The molecule has 0 amide bonds. The summed E-state index contributed by atoms with van der Waals surface area (Å²) in [7, 11) is 0.458. The summed E-state index contributed by atoms with van der Waals surface area (Å²) >= 11 is -2.48. The van der Waals surface area contributed by atoms with E-state index in [4.69, 9.17) is 4.74 Å². The fraction of sp³-hybridized carbons (Fsp3) is 0.846.